The number of ether oxygens (including phenoxy) is 1. The molecule has 0 aromatic rings. The Balaban J connectivity index is 2.46. The number of methoxy groups -OCH3 is 1. The quantitative estimate of drug-likeness (QED) is 0.619. The number of carbonyl (C=O) groups is 1. The van der Waals surface area contributed by atoms with Crippen molar-refractivity contribution < 1.29 is 23.1 Å². The molecule has 1 heterocycles. The van der Waals surface area contributed by atoms with Crippen molar-refractivity contribution in [3.05, 3.63) is 0 Å². The lowest BCUT2D eigenvalue weighted by atomic mass is 10.2. The summed E-state index contributed by atoms with van der Waals surface area (Å²) in [7, 11) is -1.27. The van der Waals surface area contributed by atoms with Crippen LogP contribution < -0.4 is 0 Å². The number of sulfone groups is 1. The molecular formula is C12H23NO5S. The predicted molar refractivity (Wildman–Crippen MR) is 72.0 cm³/mol. The molecule has 0 radical (unpaired) electrons. The second kappa shape index (κ2) is 7.81. The molecule has 1 atom stereocenters. The van der Waals surface area contributed by atoms with Crippen molar-refractivity contribution in [1.82, 2.24) is 4.90 Å². The number of hydrogen-bond donors (Lipinski definition) is 1. The van der Waals surface area contributed by atoms with Gasteiger partial charge in [-0.15, -0.1) is 0 Å². The SMILES string of the molecule is COCCCN(CCCC(=O)O)C1CCS(=O)(=O)C1. The molecule has 0 spiro atoms. The molecule has 1 aliphatic rings. The molecule has 1 unspecified atom stereocenters. The summed E-state index contributed by atoms with van der Waals surface area (Å²) in [6, 6.07) is 0.0376. The number of carboxylic acids is 1. The highest BCUT2D eigenvalue weighted by Crippen LogP contribution is 2.18. The summed E-state index contributed by atoms with van der Waals surface area (Å²) in [6.07, 6.45) is 2.17. The van der Waals surface area contributed by atoms with Crippen molar-refractivity contribution in [2.45, 2.75) is 31.7 Å². The van der Waals surface area contributed by atoms with Crippen LogP contribution in [0.15, 0.2) is 0 Å². The Kier molecular flexibility index (Phi) is 6.74. The Morgan fingerprint density at radius 2 is 2.05 bits per heavy atom. The van der Waals surface area contributed by atoms with Gasteiger partial charge in [-0.25, -0.2) is 8.42 Å². The van der Waals surface area contributed by atoms with E-state index in [0.29, 0.717) is 26.0 Å². The van der Waals surface area contributed by atoms with Gasteiger partial charge in [-0.05, 0) is 25.8 Å². The predicted octanol–water partition coefficient (Wildman–Crippen LogP) is 0.377. The number of rotatable bonds is 9. The fourth-order valence-corrected chi connectivity index (χ4v) is 4.15. The molecule has 1 aliphatic heterocycles. The van der Waals surface area contributed by atoms with Gasteiger partial charge in [-0.3, -0.25) is 9.69 Å². The first-order valence-corrected chi connectivity index (χ1v) is 8.42. The van der Waals surface area contributed by atoms with E-state index >= 15 is 0 Å². The molecule has 0 saturated carbocycles. The Morgan fingerprint density at radius 3 is 2.58 bits per heavy atom. The number of nitrogens with zero attached hydrogens (tertiary/aromatic N) is 1. The monoisotopic (exact) mass is 293 g/mol. The highest BCUT2D eigenvalue weighted by molar-refractivity contribution is 7.91. The Labute approximate surface area is 114 Å². The molecule has 1 fully saturated rings. The lowest BCUT2D eigenvalue weighted by molar-refractivity contribution is -0.137. The third-order valence-corrected chi connectivity index (χ3v) is 5.10. The maximum absolute atomic E-state index is 11.5. The van der Waals surface area contributed by atoms with E-state index in [-0.39, 0.29) is 24.0 Å². The summed E-state index contributed by atoms with van der Waals surface area (Å²) in [5.74, 6) is -0.361. The molecule has 0 aliphatic carbocycles. The minimum atomic E-state index is -2.90. The summed E-state index contributed by atoms with van der Waals surface area (Å²) in [5.41, 5.74) is 0. The van der Waals surface area contributed by atoms with E-state index in [0.717, 1.165) is 13.0 Å². The highest BCUT2D eigenvalue weighted by Gasteiger charge is 2.31. The molecular weight excluding hydrogens is 270 g/mol. The zero-order chi connectivity index (χ0) is 14.3. The number of carboxylic acid groups (broad SMARTS) is 1. The van der Waals surface area contributed by atoms with E-state index in [1.807, 2.05) is 0 Å². The molecule has 0 bridgehead atoms. The average Bonchev–Trinajstić information content (AvgIpc) is 2.67. The van der Waals surface area contributed by atoms with Crippen LogP contribution in [0.5, 0.6) is 0 Å². The molecule has 1 saturated heterocycles. The van der Waals surface area contributed by atoms with Crippen LogP contribution in [0.3, 0.4) is 0 Å². The fourth-order valence-electron chi connectivity index (χ4n) is 2.39. The third-order valence-electron chi connectivity index (χ3n) is 3.35. The van der Waals surface area contributed by atoms with Gasteiger partial charge in [0.2, 0.25) is 0 Å². The largest absolute Gasteiger partial charge is 0.481 e. The molecule has 0 aromatic heterocycles. The molecule has 0 amide bonds. The van der Waals surface area contributed by atoms with Gasteiger partial charge in [0.1, 0.15) is 0 Å². The summed E-state index contributed by atoms with van der Waals surface area (Å²) >= 11 is 0. The Bertz CT molecular complexity index is 382. The van der Waals surface area contributed by atoms with Gasteiger partial charge in [0, 0.05) is 32.7 Å². The summed E-state index contributed by atoms with van der Waals surface area (Å²) in [6.45, 7) is 2.03. The minimum Gasteiger partial charge on any atom is -0.481 e. The fraction of sp³-hybridized carbons (Fsp3) is 0.917. The summed E-state index contributed by atoms with van der Waals surface area (Å²) < 4.78 is 28.0. The number of aliphatic carboxylic acids is 1. The van der Waals surface area contributed by atoms with Gasteiger partial charge >= 0.3 is 5.97 Å². The van der Waals surface area contributed by atoms with Crippen LogP contribution in [0.25, 0.3) is 0 Å². The maximum atomic E-state index is 11.5. The van der Waals surface area contributed by atoms with Gasteiger partial charge in [0.05, 0.1) is 11.5 Å². The Hall–Kier alpha value is -0.660. The van der Waals surface area contributed by atoms with E-state index in [1.54, 1.807) is 7.11 Å². The zero-order valence-electron chi connectivity index (χ0n) is 11.4. The lowest BCUT2D eigenvalue weighted by Gasteiger charge is -2.27. The van der Waals surface area contributed by atoms with Crippen molar-refractivity contribution in [3.8, 4) is 0 Å². The third kappa shape index (κ3) is 6.35. The molecule has 19 heavy (non-hydrogen) atoms. The van der Waals surface area contributed by atoms with E-state index < -0.39 is 15.8 Å². The standard InChI is InChI=1S/C12H23NO5S/c1-18-8-3-7-13(6-2-4-12(14)15)11-5-9-19(16,17)10-11/h11H,2-10H2,1H3,(H,14,15). The Morgan fingerprint density at radius 1 is 1.37 bits per heavy atom. The topological polar surface area (TPSA) is 83.9 Å². The summed E-state index contributed by atoms with van der Waals surface area (Å²) in [5, 5.41) is 8.65. The average molecular weight is 293 g/mol. The van der Waals surface area contributed by atoms with E-state index in [2.05, 4.69) is 4.90 Å². The first kappa shape index (κ1) is 16.4. The van der Waals surface area contributed by atoms with Crippen LogP contribution >= 0.6 is 0 Å². The van der Waals surface area contributed by atoms with Gasteiger partial charge < -0.3 is 9.84 Å². The maximum Gasteiger partial charge on any atom is 0.303 e. The molecule has 0 aromatic carbocycles. The van der Waals surface area contributed by atoms with Crippen LogP contribution in [-0.2, 0) is 19.4 Å². The first-order valence-electron chi connectivity index (χ1n) is 6.60. The van der Waals surface area contributed by atoms with Crippen molar-refractivity contribution in [1.29, 1.82) is 0 Å². The zero-order valence-corrected chi connectivity index (χ0v) is 12.2. The number of hydrogen-bond acceptors (Lipinski definition) is 5. The highest BCUT2D eigenvalue weighted by atomic mass is 32.2. The van der Waals surface area contributed by atoms with Crippen LogP contribution in [0.4, 0.5) is 0 Å². The van der Waals surface area contributed by atoms with Crippen molar-refractivity contribution in [2.24, 2.45) is 0 Å². The molecule has 1 N–H and O–H groups in total. The minimum absolute atomic E-state index is 0.0376. The van der Waals surface area contributed by atoms with E-state index in [9.17, 15) is 13.2 Å². The van der Waals surface area contributed by atoms with Crippen LogP contribution in [-0.4, -0.2) is 68.7 Å². The van der Waals surface area contributed by atoms with Gasteiger partial charge in [-0.2, -0.15) is 0 Å². The van der Waals surface area contributed by atoms with E-state index in [1.165, 1.54) is 0 Å². The smallest absolute Gasteiger partial charge is 0.303 e. The summed E-state index contributed by atoms with van der Waals surface area (Å²) in [4.78, 5) is 12.6. The van der Waals surface area contributed by atoms with E-state index in [4.69, 9.17) is 9.84 Å². The van der Waals surface area contributed by atoms with Crippen molar-refractivity contribution in [3.63, 3.8) is 0 Å². The first-order chi connectivity index (χ1) is 8.94. The van der Waals surface area contributed by atoms with Gasteiger partial charge in [0.25, 0.3) is 0 Å². The molecule has 6 nitrogen and oxygen atoms in total. The second-order valence-corrected chi connectivity index (χ2v) is 7.17. The van der Waals surface area contributed by atoms with Crippen LogP contribution in [0, 0.1) is 0 Å². The molecule has 7 heteroatoms. The van der Waals surface area contributed by atoms with Crippen molar-refractivity contribution in [2.75, 3.05) is 38.3 Å². The van der Waals surface area contributed by atoms with Gasteiger partial charge in [-0.1, -0.05) is 0 Å². The normalized spacial score (nSPS) is 21.9. The van der Waals surface area contributed by atoms with Crippen LogP contribution in [0.2, 0.25) is 0 Å². The van der Waals surface area contributed by atoms with Crippen LogP contribution in [0.1, 0.15) is 25.7 Å². The van der Waals surface area contributed by atoms with Crippen molar-refractivity contribution >= 4 is 15.8 Å². The molecule has 1 rings (SSSR count). The lowest BCUT2D eigenvalue weighted by Crippen LogP contribution is -2.38. The molecule has 112 valence electrons. The van der Waals surface area contributed by atoms with Gasteiger partial charge in [0.15, 0.2) is 9.84 Å². The second-order valence-electron chi connectivity index (χ2n) is 4.94.